The number of rotatable bonds is 4. The lowest BCUT2D eigenvalue weighted by Gasteiger charge is -2.26. The average Bonchev–Trinajstić information content (AvgIpc) is 3.00. The molecule has 0 aliphatic heterocycles. The van der Waals surface area contributed by atoms with Crippen LogP contribution in [0.5, 0.6) is 0 Å². The predicted octanol–water partition coefficient (Wildman–Crippen LogP) is 4.24. The molecule has 1 saturated carbocycles. The first-order valence-corrected chi connectivity index (χ1v) is 9.07. The summed E-state index contributed by atoms with van der Waals surface area (Å²) in [4.78, 5) is 16.4. The van der Waals surface area contributed by atoms with Crippen LogP contribution in [0.25, 0.3) is 22.2 Å². The van der Waals surface area contributed by atoms with Crippen molar-refractivity contribution >= 4 is 16.9 Å². The van der Waals surface area contributed by atoms with Crippen molar-refractivity contribution in [3.8, 4) is 11.1 Å². The maximum absolute atomic E-state index is 11.6. The van der Waals surface area contributed by atoms with E-state index in [1.807, 2.05) is 18.2 Å². The third-order valence-corrected chi connectivity index (χ3v) is 5.14. The van der Waals surface area contributed by atoms with Gasteiger partial charge >= 0.3 is 0 Å². The number of primary amides is 1. The van der Waals surface area contributed by atoms with Gasteiger partial charge in [0.25, 0.3) is 0 Å². The summed E-state index contributed by atoms with van der Waals surface area (Å²) in [7, 11) is 0. The van der Waals surface area contributed by atoms with Gasteiger partial charge < -0.3 is 10.3 Å². The molecule has 1 fully saturated rings. The Kier molecular flexibility index (Phi) is 4.26. The Balaban J connectivity index is 1.95. The van der Waals surface area contributed by atoms with Crippen molar-refractivity contribution in [2.45, 2.75) is 44.6 Å². The maximum atomic E-state index is 11.6. The molecule has 0 saturated heterocycles. The summed E-state index contributed by atoms with van der Waals surface area (Å²) in [5.74, 6) is 0.478. The van der Waals surface area contributed by atoms with E-state index in [0.717, 1.165) is 29.7 Å². The Morgan fingerprint density at radius 2 is 1.80 bits per heavy atom. The number of hydrogen-bond acceptors (Lipinski definition) is 2. The van der Waals surface area contributed by atoms with E-state index in [-0.39, 0.29) is 12.3 Å². The maximum Gasteiger partial charge on any atom is 0.225 e. The normalized spacial score (nSPS) is 15.5. The molecule has 4 rings (SSSR count). The molecule has 1 aliphatic rings. The van der Waals surface area contributed by atoms with E-state index in [1.165, 1.54) is 30.4 Å². The molecule has 2 N–H and O–H groups in total. The zero-order valence-electron chi connectivity index (χ0n) is 14.3. The number of carbonyl (C=O) groups is 1. The molecular formula is C21H23N3O. The topological polar surface area (TPSA) is 60.9 Å². The highest BCUT2D eigenvalue weighted by molar-refractivity contribution is 5.93. The highest BCUT2D eigenvalue weighted by Gasteiger charge is 2.24. The van der Waals surface area contributed by atoms with E-state index in [4.69, 9.17) is 10.7 Å². The molecule has 0 spiro atoms. The molecule has 25 heavy (non-hydrogen) atoms. The van der Waals surface area contributed by atoms with Gasteiger partial charge in [0, 0.05) is 11.6 Å². The minimum Gasteiger partial charge on any atom is -0.369 e. The van der Waals surface area contributed by atoms with Crippen molar-refractivity contribution in [3.63, 3.8) is 0 Å². The molecule has 0 unspecified atom stereocenters. The Hall–Kier alpha value is -2.62. The van der Waals surface area contributed by atoms with Gasteiger partial charge in [0.1, 0.15) is 5.82 Å². The number of nitrogens with zero attached hydrogens (tertiary/aromatic N) is 2. The van der Waals surface area contributed by atoms with Gasteiger partial charge in [0.05, 0.1) is 17.5 Å². The summed E-state index contributed by atoms with van der Waals surface area (Å²) in [6.45, 7) is 0. The van der Waals surface area contributed by atoms with Crippen LogP contribution in [0.3, 0.4) is 0 Å². The van der Waals surface area contributed by atoms with E-state index in [1.54, 1.807) is 0 Å². The molecule has 3 aromatic rings. The minimum atomic E-state index is -0.325. The van der Waals surface area contributed by atoms with Gasteiger partial charge in [-0.25, -0.2) is 4.98 Å². The molecule has 1 heterocycles. The van der Waals surface area contributed by atoms with E-state index in [9.17, 15) is 4.79 Å². The summed E-state index contributed by atoms with van der Waals surface area (Å²) in [5.41, 5.74) is 9.93. The summed E-state index contributed by atoms with van der Waals surface area (Å²) in [6, 6.07) is 17.0. The second-order valence-corrected chi connectivity index (χ2v) is 6.87. The fraction of sp³-hybridized carbons (Fsp3) is 0.333. The molecule has 1 aliphatic carbocycles. The van der Waals surface area contributed by atoms with Crippen LogP contribution in [0, 0.1) is 0 Å². The van der Waals surface area contributed by atoms with Crippen molar-refractivity contribution in [2.75, 3.05) is 0 Å². The van der Waals surface area contributed by atoms with Crippen molar-refractivity contribution in [1.82, 2.24) is 9.55 Å². The SMILES string of the molecule is NC(=O)Cc1nc2cccc(-c3ccccc3)c2n1C1CCCCC1. The number of hydrogen-bond donors (Lipinski definition) is 1. The monoisotopic (exact) mass is 333 g/mol. The standard InChI is InChI=1S/C21H23N3O/c22-19(25)14-20-23-18-13-7-12-17(15-8-3-1-4-9-15)21(18)24(20)16-10-5-2-6-11-16/h1,3-4,7-9,12-13,16H,2,5-6,10-11,14H2,(H2,22,25). The Labute approximate surface area is 147 Å². The van der Waals surface area contributed by atoms with Crippen LogP contribution in [0.1, 0.15) is 44.0 Å². The van der Waals surface area contributed by atoms with Crippen molar-refractivity contribution < 1.29 is 4.79 Å². The lowest BCUT2D eigenvalue weighted by atomic mass is 9.94. The average molecular weight is 333 g/mol. The first-order chi connectivity index (χ1) is 12.2. The number of carbonyl (C=O) groups excluding carboxylic acids is 1. The fourth-order valence-electron chi connectivity index (χ4n) is 4.06. The van der Waals surface area contributed by atoms with Crippen LogP contribution < -0.4 is 5.73 Å². The summed E-state index contributed by atoms with van der Waals surface area (Å²) in [5, 5.41) is 0. The molecule has 2 aromatic carbocycles. The van der Waals surface area contributed by atoms with Crippen molar-refractivity contribution in [2.24, 2.45) is 5.73 Å². The summed E-state index contributed by atoms with van der Waals surface area (Å²) in [6.07, 6.45) is 6.22. The smallest absolute Gasteiger partial charge is 0.225 e. The van der Waals surface area contributed by atoms with Gasteiger partial charge in [-0.2, -0.15) is 0 Å². The molecule has 1 aromatic heterocycles. The number of imidazole rings is 1. The third kappa shape index (κ3) is 3.04. The van der Waals surface area contributed by atoms with Gasteiger partial charge in [0.15, 0.2) is 0 Å². The number of aromatic nitrogens is 2. The molecule has 1 amide bonds. The Bertz CT molecular complexity index is 892. The van der Waals surface area contributed by atoms with Gasteiger partial charge in [-0.3, -0.25) is 4.79 Å². The van der Waals surface area contributed by atoms with Crippen LogP contribution in [-0.4, -0.2) is 15.5 Å². The van der Waals surface area contributed by atoms with E-state index in [2.05, 4.69) is 34.9 Å². The molecule has 128 valence electrons. The molecule has 4 heteroatoms. The van der Waals surface area contributed by atoms with E-state index in [0.29, 0.717) is 6.04 Å². The number of para-hydroxylation sites is 1. The highest BCUT2D eigenvalue weighted by atomic mass is 16.1. The van der Waals surface area contributed by atoms with Crippen LogP contribution in [0.15, 0.2) is 48.5 Å². The Morgan fingerprint density at radius 3 is 2.52 bits per heavy atom. The molecule has 0 radical (unpaired) electrons. The summed E-state index contributed by atoms with van der Waals surface area (Å²) >= 11 is 0. The number of fused-ring (bicyclic) bond motifs is 1. The summed E-state index contributed by atoms with van der Waals surface area (Å²) < 4.78 is 2.31. The number of benzene rings is 2. The fourth-order valence-corrected chi connectivity index (χ4v) is 4.06. The van der Waals surface area contributed by atoms with Gasteiger partial charge in [0.2, 0.25) is 5.91 Å². The van der Waals surface area contributed by atoms with Crippen LogP contribution in [0.2, 0.25) is 0 Å². The second-order valence-electron chi connectivity index (χ2n) is 6.87. The quantitative estimate of drug-likeness (QED) is 0.776. The van der Waals surface area contributed by atoms with Gasteiger partial charge in [-0.15, -0.1) is 0 Å². The second kappa shape index (κ2) is 6.71. The van der Waals surface area contributed by atoms with Crippen LogP contribution in [0.4, 0.5) is 0 Å². The zero-order valence-corrected chi connectivity index (χ0v) is 14.3. The van der Waals surface area contributed by atoms with Crippen LogP contribution >= 0.6 is 0 Å². The van der Waals surface area contributed by atoms with Gasteiger partial charge in [-0.05, 0) is 24.5 Å². The molecule has 0 bridgehead atoms. The van der Waals surface area contributed by atoms with E-state index >= 15 is 0 Å². The lowest BCUT2D eigenvalue weighted by Crippen LogP contribution is -2.21. The van der Waals surface area contributed by atoms with Crippen molar-refractivity contribution in [3.05, 3.63) is 54.4 Å². The third-order valence-electron chi connectivity index (χ3n) is 5.14. The predicted molar refractivity (Wildman–Crippen MR) is 100 cm³/mol. The largest absolute Gasteiger partial charge is 0.369 e. The zero-order chi connectivity index (χ0) is 17.2. The number of amides is 1. The first kappa shape index (κ1) is 15.9. The van der Waals surface area contributed by atoms with E-state index < -0.39 is 0 Å². The van der Waals surface area contributed by atoms with Gasteiger partial charge in [-0.1, -0.05) is 61.7 Å². The van der Waals surface area contributed by atoms with Crippen molar-refractivity contribution in [1.29, 1.82) is 0 Å². The van der Waals surface area contributed by atoms with Crippen LogP contribution in [-0.2, 0) is 11.2 Å². The molecule has 0 atom stereocenters. The molecular weight excluding hydrogens is 310 g/mol. The number of nitrogens with two attached hydrogens (primary N) is 1. The molecule has 4 nitrogen and oxygen atoms in total. The Morgan fingerprint density at radius 1 is 1.04 bits per heavy atom. The minimum absolute atomic E-state index is 0.194. The lowest BCUT2D eigenvalue weighted by molar-refractivity contribution is -0.117. The first-order valence-electron chi connectivity index (χ1n) is 9.07. The highest BCUT2D eigenvalue weighted by Crippen LogP contribution is 2.36.